The number of ketones is 3. The van der Waals surface area contributed by atoms with Gasteiger partial charge in [0.25, 0.3) is 0 Å². The second kappa shape index (κ2) is 8.82. The van der Waals surface area contributed by atoms with E-state index in [0.717, 1.165) is 0 Å². The molecule has 0 aliphatic carbocycles. The minimum absolute atomic E-state index is 0.113. The maximum atomic E-state index is 12.4. The highest BCUT2D eigenvalue weighted by Gasteiger charge is 2.17. The molecule has 0 heterocycles. The standard InChI is InChI=1S/C18H27N3O3/c1-19(2)10-16(22)13-7-14(17(23)11-20(3)4)9-15(8-13)18(24)12-21(5)6/h7-9H,10-12H2,1-6H3. The molecule has 0 fully saturated rings. The molecule has 0 bridgehead atoms. The Morgan fingerprint density at radius 3 is 0.958 bits per heavy atom. The maximum absolute atomic E-state index is 12.4. The smallest absolute Gasteiger partial charge is 0.176 e. The number of carbonyl (C=O) groups excluding carboxylic acids is 3. The highest BCUT2D eigenvalue weighted by Crippen LogP contribution is 2.14. The van der Waals surface area contributed by atoms with E-state index in [0.29, 0.717) is 16.7 Å². The summed E-state index contributed by atoms with van der Waals surface area (Å²) in [5, 5.41) is 0. The van der Waals surface area contributed by atoms with Crippen LogP contribution in [0.4, 0.5) is 0 Å². The van der Waals surface area contributed by atoms with Gasteiger partial charge in [-0.1, -0.05) is 0 Å². The number of Topliss-reactive ketones (excluding diaryl/α,β-unsaturated/α-hetero) is 3. The number of benzene rings is 1. The Kier molecular flexibility index (Phi) is 7.41. The summed E-state index contributed by atoms with van der Waals surface area (Å²) < 4.78 is 0. The lowest BCUT2D eigenvalue weighted by atomic mass is 9.97. The van der Waals surface area contributed by atoms with E-state index >= 15 is 0 Å². The van der Waals surface area contributed by atoms with E-state index in [1.807, 2.05) is 0 Å². The van der Waals surface area contributed by atoms with Crippen LogP contribution >= 0.6 is 0 Å². The highest BCUT2D eigenvalue weighted by molar-refractivity contribution is 6.07. The Labute approximate surface area is 144 Å². The molecule has 0 atom stereocenters. The van der Waals surface area contributed by atoms with Crippen molar-refractivity contribution in [2.45, 2.75) is 0 Å². The van der Waals surface area contributed by atoms with Crippen LogP contribution in [0.5, 0.6) is 0 Å². The van der Waals surface area contributed by atoms with Gasteiger partial charge >= 0.3 is 0 Å². The van der Waals surface area contributed by atoms with Gasteiger partial charge in [-0.15, -0.1) is 0 Å². The van der Waals surface area contributed by atoms with Crippen LogP contribution in [0.15, 0.2) is 18.2 Å². The van der Waals surface area contributed by atoms with Gasteiger partial charge in [-0.3, -0.25) is 14.4 Å². The number of nitrogens with zero attached hydrogens (tertiary/aromatic N) is 3. The molecule has 0 radical (unpaired) electrons. The van der Waals surface area contributed by atoms with Crippen molar-refractivity contribution in [3.8, 4) is 0 Å². The lowest BCUT2D eigenvalue weighted by molar-refractivity contribution is 0.0957. The van der Waals surface area contributed by atoms with Crippen molar-refractivity contribution in [1.29, 1.82) is 0 Å². The first-order chi connectivity index (χ1) is 11.1. The van der Waals surface area contributed by atoms with Crippen molar-refractivity contribution in [3.05, 3.63) is 34.9 Å². The van der Waals surface area contributed by atoms with Crippen LogP contribution in [0.3, 0.4) is 0 Å². The normalized spacial score (nSPS) is 11.4. The molecule has 0 spiro atoms. The summed E-state index contributed by atoms with van der Waals surface area (Å²) in [4.78, 5) is 42.4. The van der Waals surface area contributed by atoms with Gasteiger partial charge < -0.3 is 14.7 Å². The molecule has 0 unspecified atom stereocenters. The molecular formula is C18H27N3O3. The SMILES string of the molecule is CN(C)CC(=O)c1cc(C(=O)CN(C)C)cc(C(=O)CN(C)C)c1. The van der Waals surface area contributed by atoms with Gasteiger partial charge in [-0.25, -0.2) is 0 Å². The average Bonchev–Trinajstić information content (AvgIpc) is 2.44. The van der Waals surface area contributed by atoms with Crippen LogP contribution in [0.2, 0.25) is 0 Å². The highest BCUT2D eigenvalue weighted by atomic mass is 16.1. The summed E-state index contributed by atoms with van der Waals surface area (Å²) in [5.41, 5.74) is 1.20. The Balaban J connectivity index is 3.25. The van der Waals surface area contributed by atoms with Gasteiger partial charge in [0.05, 0.1) is 19.6 Å². The van der Waals surface area contributed by atoms with E-state index in [-0.39, 0.29) is 37.0 Å². The molecule has 0 saturated heterocycles. The first-order valence-electron chi connectivity index (χ1n) is 7.79. The first kappa shape index (κ1) is 20.2. The van der Waals surface area contributed by atoms with Crippen LogP contribution < -0.4 is 0 Å². The Morgan fingerprint density at radius 1 is 0.583 bits per heavy atom. The summed E-state index contributed by atoms with van der Waals surface area (Å²) in [6, 6.07) is 4.76. The van der Waals surface area contributed by atoms with E-state index in [1.54, 1.807) is 75.2 Å². The van der Waals surface area contributed by atoms with Crippen molar-refractivity contribution >= 4 is 17.3 Å². The molecule has 0 aliphatic rings. The molecule has 0 aromatic heterocycles. The minimum atomic E-state index is -0.113. The quantitative estimate of drug-likeness (QED) is 0.626. The van der Waals surface area contributed by atoms with E-state index in [2.05, 4.69) is 0 Å². The molecule has 1 aromatic carbocycles. The summed E-state index contributed by atoms with van der Waals surface area (Å²) in [6.45, 7) is 0.686. The van der Waals surface area contributed by atoms with Gasteiger partial charge in [0, 0.05) is 16.7 Å². The van der Waals surface area contributed by atoms with Crippen LogP contribution in [-0.2, 0) is 0 Å². The summed E-state index contributed by atoms with van der Waals surface area (Å²) in [5.74, 6) is -0.338. The van der Waals surface area contributed by atoms with Crippen LogP contribution in [0.25, 0.3) is 0 Å². The number of rotatable bonds is 9. The second-order valence-corrected chi connectivity index (χ2v) is 6.78. The average molecular weight is 333 g/mol. The molecule has 0 amide bonds. The zero-order valence-electron chi connectivity index (χ0n) is 15.4. The Hall–Kier alpha value is -1.89. The van der Waals surface area contributed by atoms with Crippen LogP contribution in [-0.4, -0.2) is 94.0 Å². The number of likely N-dealkylation sites (N-methyl/N-ethyl adjacent to an activating group) is 3. The Bertz CT molecular complexity index is 524. The lowest BCUT2D eigenvalue weighted by Crippen LogP contribution is -2.25. The fourth-order valence-electron chi connectivity index (χ4n) is 2.25. The molecule has 0 saturated carbocycles. The molecular weight excluding hydrogens is 306 g/mol. The van der Waals surface area contributed by atoms with Crippen molar-refractivity contribution < 1.29 is 14.4 Å². The third kappa shape index (κ3) is 6.31. The van der Waals surface area contributed by atoms with Crippen molar-refractivity contribution in [1.82, 2.24) is 14.7 Å². The zero-order chi connectivity index (χ0) is 18.4. The lowest BCUT2D eigenvalue weighted by Gasteiger charge is -2.14. The molecule has 132 valence electrons. The van der Waals surface area contributed by atoms with Gasteiger partial charge in [0.2, 0.25) is 0 Å². The molecule has 0 aliphatic heterocycles. The summed E-state index contributed by atoms with van der Waals surface area (Å²) in [7, 11) is 10.8. The molecule has 24 heavy (non-hydrogen) atoms. The van der Waals surface area contributed by atoms with Gasteiger partial charge in [-0.05, 0) is 60.5 Å². The van der Waals surface area contributed by atoms with Crippen molar-refractivity contribution in [2.75, 3.05) is 61.9 Å². The first-order valence-corrected chi connectivity index (χ1v) is 7.79. The van der Waals surface area contributed by atoms with E-state index in [1.165, 1.54) is 0 Å². The van der Waals surface area contributed by atoms with E-state index < -0.39 is 0 Å². The fraction of sp³-hybridized carbons (Fsp3) is 0.500. The molecule has 1 aromatic rings. The number of hydrogen-bond acceptors (Lipinski definition) is 6. The van der Waals surface area contributed by atoms with Gasteiger partial charge in [-0.2, -0.15) is 0 Å². The number of carbonyl (C=O) groups is 3. The molecule has 6 heteroatoms. The largest absolute Gasteiger partial charge is 0.302 e. The van der Waals surface area contributed by atoms with E-state index in [4.69, 9.17) is 0 Å². The Morgan fingerprint density at radius 2 is 0.792 bits per heavy atom. The fourth-order valence-corrected chi connectivity index (χ4v) is 2.25. The van der Waals surface area contributed by atoms with Gasteiger partial charge in [0.15, 0.2) is 17.3 Å². The topological polar surface area (TPSA) is 60.9 Å². The third-order valence-corrected chi connectivity index (χ3v) is 3.28. The predicted molar refractivity (Wildman–Crippen MR) is 95.1 cm³/mol. The molecule has 1 rings (SSSR count). The zero-order valence-corrected chi connectivity index (χ0v) is 15.4. The predicted octanol–water partition coefficient (Wildman–Crippen LogP) is 0.920. The summed E-state index contributed by atoms with van der Waals surface area (Å²) >= 11 is 0. The molecule has 6 nitrogen and oxygen atoms in total. The van der Waals surface area contributed by atoms with Crippen LogP contribution in [0.1, 0.15) is 31.1 Å². The van der Waals surface area contributed by atoms with Crippen LogP contribution in [0, 0.1) is 0 Å². The van der Waals surface area contributed by atoms with E-state index in [9.17, 15) is 14.4 Å². The van der Waals surface area contributed by atoms with Gasteiger partial charge in [0.1, 0.15) is 0 Å². The second-order valence-electron chi connectivity index (χ2n) is 6.78. The maximum Gasteiger partial charge on any atom is 0.176 e. The van der Waals surface area contributed by atoms with Crippen molar-refractivity contribution in [2.24, 2.45) is 0 Å². The number of hydrogen-bond donors (Lipinski definition) is 0. The third-order valence-electron chi connectivity index (χ3n) is 3.28. The minimum Gasteiger partial charge on any atom is -0.302 e. The summed E-state index contributed by atoms with van der Waals surface area (Å²) in [6.07, 6.45) is 0. The monoisotopic (exact) mass is 333 g/mol. The molecule has 0 N–H and O–H groups in total. The van der Waals surface area contributed by atoms with Crippen molar-refractivity contribution in [3.63, 3.8) is 0 Å².